The highest BCUT2D eigenvalue weighted by Crippen LogP contribution is 2.18. The molecule has 0 amide bonds. The molecule has 0 saturated carbocycles. The van der Waals surface area contributed by atoms with Crippen molar-refractivity contribution >= 4 is 22.7 Å². The molecule has 0 atom stereocenters. The van der Waals surface area contributed by atoms with Crippen LogP contribution in [0.5, 0.6) is 0 Å². The Morgan fingerprint density at radius 3 is 2.94 bits per heavy atom. The predicted octanol–water partition coefficient (Wildman–Crippen LogP) is 2.00. The van der Waals surface area contributed by atoms with Crippen molar-refractivity contribution in [2.24, 2.45) is 0 Å². The molecule has 0 fully saturated rings. The number of nitrogens with zero attached hydrogens (tertiary/aromatic N) is 1. The van der Waals surface area contributed by atoms with Gasteiger partial charge in [-0.3, -0.25) is 14.6 Å². The second-order valence-corrected chi connectivity index (χ2v) is 3.79. The minimum Gasteiger partial charge on any atom is -0.481 e. The largest absolute Gasteiger partial charge is 0.481 e. The Morgan fingerprint density at radius 1 is 1.35 bits per heavy atom. The number of carboxylic acid groups (broad SMARTS) is 1. The molecule has 2 heterocycles. The number of carbonyl (C=O) groups is 2. The smallest absolute Gasteiger partial charge is 0.303 e. The van der Waals surface area contributed by atoms with Crippen molar-refractivity contribution in [1.82, 2.24) is 9.97 Å². The maximum absolute atomic E-state index is 11.9. The van der Waals surface area contributed by atoms with E-state index in [0.29, 0.717) is 12.0 Å². The summed E-state index contributed by atoms with van der Waals surface area (Å²) in [7, 11) is 0. The molecule has 0 bridgehead atoms. The summed E-state index contributed by atoms with van der Waals surface area (Å²) in [5.41, 5.74) is 1.44. The third kappa shape index (κ3) is 2.50. The van der Waals surface area contributed by atoms with Gasteiger partial charge in [-0.15, -0.1) is 0 Å². The first-order valence-corrected chi connectivity index (χ1v) is 5.34. The van der Waals surface area contributed by atoms with Crippen LogP contribution in [-0.2, 0) is 4.79 Å². The number of carboxylic acids is 1. The van der Waals surface area contributed by atoms with E-state index < -0.39 is 5.97 Å². The molecule has 2 aromatic rings. The molecular weight excluding hydrogens is 220 g/mol. The standard InChI is InChI=1S/C12H12N2O3/c15-11(2-1-3-12(16)17)9-7-14-10-4-5-13-6-8(9)10/h4-7,14H,1-3H2,(H,16,17). The minimum atomic E-state index is -0.876. The molecule has 0 spiro atoms. The zero-order valence-electron chi connectivity index (χ0n) is 9.14. The molecular formula is C12H12N2O3. The number of aliphatic carboxylic acids is 1. The molecule has 0 aliphatic rings. The summed E-state index contributed by atoms with van der Waals surface area (Å²) in [4.78, 5) is 29.2. The van der Waals surface area contributed by atoms with Gasteiger partial charge in [-0.05, 0) is 12.5 Å². The quantitative estimate of drug-likeness (QED) is 0.772. The number of H-pyrrole nitrogens is 1. The molecule has 5 nitrogen and oxygen atoms in total. The number of fused-ring (bicyclic) bond motifs is 1. The summed E-state index contributed by atoms with van der Waals surface area (Å²) in [6.45, 7) is 0. The first kappa shape index (κ1) is 11.3. The normalized spacial score (nSPS) is 10.6. The SMILES string of the molecule is O=C(O)CCCC(=O)c1c[nH]c2ccncc12. The third-order valence-electron chi connectivity index (χ3n) is 2.58. The lowest BCUT2D eigenvalue weighted by Gasteiger charge is -1.97. The van der Waals surface area contributed by atoms with Crippen LogP contribution in [0.2, 0.25) is 0 Å². The van der Waals surface area contributed by atoms with Crippen molar-refractivity contribution in [2.75, 3.05) is 0 Å². The van der Waals surface area contributed by atoms with Crippen LogP contribution in [0.3, 0.4) is 0 Å². The Labute approximate surface area is 97.5 Å². The fourth-order valence-corrected chi connectivity index (χ4v) is 1.73. The van der Waals surface area contributed by atoms with Crippen molar-refractivity contribution in [3.63, 3.8) is 0 Å². The summed E-state index contributed by atoms with van der Waals surface area (Å²) >= 11 is 0. The van der Waals surface area contributed by atoms with Crippen LogP contribution in [0.4, 0.5) is 0 Å². The molecule has 0 aromatic carbocycles. The van der Waals surface area contributed by atoms with E-state index in [4.69, 9.17) is 5.11 Å². The van der Waals surface area contributed by atoms with Crippen LogP contribution in [0.25, 0.3) is 10.9 Å². The fraction of sp³-hybridized carbons (Fsp3) is 0.250. The molecule has 0 unspecified atom stereocenters. The Kier molecular flexibility index (Phi) is 3.18. The number of pyridine rings is 1. The molecule has 88 valence electrons. The highest BCUT2D eigenvalue weighted by Gasteiger charge is 2.12. The van der Waals surface area contributed by atoms with E-state index in [0.717, 1.165) is 10.9 Å². The van der Waals surface area contributed by atoms with Crippen LogP contribution in [0, 0.1) is 0 Å². The molecule has 2 N–H and O–H groups in total. The molecule has 5 heteroatoms. The second kappa shape index (κ2) is 4.78. The van der Waals surface area contributed by atoms with Gasteiger partial charge in [0.1, 0.15) is 0 Å². The monoisotopic (exact) mass is 232 g/mol. The van der Waals surface area contributed by atoms with Gasteiger partial charge >= 0.3 is 5.97 Å². The summed E-state index contributed by atoms with van der Waals surface area (Å²) in [6, 6.07) is 1.80. The van der Waals surface area contributed by atoms with Crippen molar-refractivity contribution in [2.45, 2.75) is 19.3 Å². The van der Waals surface area contributed by atoms with E-state index >= 15 is 0 Å². The summed E-state index contributed by atoms with van der Waals surface area (Å²) < 4.78 is 0. The molecule has 0 aliphatic carbocycles. The summed E-state index contributed by atoms with van der Waals surface area (Å²) in [5, 5.41) is 9.29. The number of aromatic amines is 1. The number of ketones is 1. The van der Waals surface area contributed by atoms with Gasteiger partial charge in [0.15, 0.2) is 5.78 Å². The van der Waals surface area contributed by atoms with Crippen LogP contribution in [0.15, 0.2) is 24.7 Å². The third-order valence-corrected chi connectivity index (χ3v) is 2.58. The van der Waals surface area contributed by atoms with Crippen molar-refractivity contribution < 1.29 is 14.7 Å². The predicted molar refractivity (Wildman–Crippen MR) is 61.9 cm³/mol. The second-order valence-electron chi connectivity index (χ2n) is 3.79. The van der Waals surface area contributed by atoms with Crippen molar-refractivity contribution in [3.8, 4) is 0 Å². The van der Waals surface area contributed by atoms with Crippen molar-refractivity contribution in [1.29, 1.82) is 0 Å². The minimum absolute atomic E-state index is 0.0202. The zero-order valence-corrected chi connectivity index (χ0v) is 9.14. The number of nitrogens with one attached hydrogen (secondary N) is 1. The van der Waals surface area contributed by atoms with Crippen LogP contribution in [-0.4, -0.2) is 26.8 Å². The lowest BCUT2D eigenvalue weighted by molar-refractivity contribution is -0.137. The topological polar surface area (TPSA) is 83.0 Å². The number of carbonyl (C=O) groups excluding carboxylic acids is 1. The number of Topliss-reactive ketones (excluding diaryl/α,β-unsaturated/α-hetero) is 1. The molecule has 0 radical (unpaired) electrons. The molecule has 0 saturated heterocycles. The fourth-order valence-electron chi connectivity index (χ4n) is 1.73. The van der Waals surface area contributed by atoms with Gasteiger partial charge in [0.25, 0.3) is 0 Å². The van der Waals surface area contributed by atoms with Gasteiger partial charge in [-0.25, -0.2) is 0 Å². The van der Waals surface area contributed by atoms with Crippen LogP contribution in [0.1, 0.15) is 29.6 Å². The first-order chi connectivity index (χ1) is 8.18. The Morgan fingerprint density at radius 2 is 2.18 bits per heavy atom. The van der Waals surface area contributed by atoms with E-state index in [2.05, 4.69) is 9.97 Å². The van der Waals surface area contributed by atoms with E-state index in [1.807, 2.05) is 0 Å². The van der Waals surface area contributed by atoms with Gasteiger partial charge in [0.2, 0.25) is 0 Å². The van der Waals surface area contributed by atoms with E-state index in [-0.39, 0.29) is 18.6 Å². The Hall–Kier alpha value is -2.17. The van der Waals surface area contributed by atoms with Crippen molar-refractivity contribution in [3.05, 3.63) is 30.2 Å². The average molecular weight is 232 g/mol. The Balaban J connectivity index is 2.11. The lowest BCUT2D eigenvalue weighted by atomic mass is 10.1. The van der Waals surface area contributed by atoms with E-state index in [1.165, 1.54) is 0 Å². The maximum atomic E-state index is 11.9. The van der Waals surface area contributed by atoms with Gasteiger partial charge in [-0.2, -0.15) is 0 Å². The molecule has 2 aromatic heterocycles. The number of aromatic nitrogens is 2. The van der Waals surface area contributed by atoms with Gasteiger partial charge < -0.3 is 10.1 Å². The molecule has 17 heavy (non-hydrogen) atoms. The lowest BCUT2D eigenvalue weighted by Crippen LogP contribution is -2.01. The van der Waals surface area contributed by atoms with E-state index in [9.17, 15) is 9.59 Å². The van der Waals surface area contributed by atoms with E-state index in [1.54, 1.807) is 24.7 Å². The summed E-state index contributed by atoms with van der Waals surface area (Å²) in [6.07, 6.45) is 5.56. The number of hydrogen-bond donors (Lipinski definition) is 2. The van der Waals surface area contributed by atoms with Gasteiger partial charge in [-0.1, -0.05) is 0 Å². The molecule has 0 aliphatic heterocycles. The van der Waals surface area contributed by atoms with Gasteiger partial charge in [0.05, 0.1) is 0 Å². The average Bonchev–Trinajstić information content (AvgIpc) is 2.72. The van der Waals surface area contributed by atoms with Crippen LogP contribution >= 0.6 is 0 Å². The highest BCUT2D eigenvalue weighted by molar-refractivity contribution is 6.07. The van der Waals surface area contributed by atoms with Gasteiger partial charge in [0, 0.05) is 47.9 Å². The zero-order chi connectivity index (χ0) is 12.3. The first-order valence-electron chi connectivity index (χ1n) is 5.34. The summed E-state index contributed by atoms with van der Waals surface area (Å²) in [5.74, 6) is -0.927. The number of rotatable bonds is 5. The number of hydrogen-bond acceptors (Lipinski definition) is 3. The van der Waals surface area contributed by atoms with Crippen LogP contribution < -0.4 is 0 Å². The highest BCUT2D eigenvalue weighted by atomic mass is 16.4. The molecule has 2 rings (SSSR count). The maximum Gasteiger partial charge on any atom is 0.303 e. The Bertz CT molecular complexity index is 560.